The molecule has 5 rings (SSSR count). The molecule has 1 aliphatic heterocycles. The molecule has 2 amide bonds. The molecule has 8 nitrogen and oxygen atoms in total. The predicted molar refractivity (Wildman–Crippen MR) is 141 cm³/mol. The Kier molecular flexibility index (Phi) is 6.89. The Morgan fingerprint density at radius 1 is 0.892 bits per heavy atom. The van der Waals surface area contributed by atoms with E-state index in [0.29, 0.717) is 31.6 Å². The number of aromatic nitrogens is 2. The van der Waals surface area contributed by atoms with E-state index in [9.17, 15) is 9.59 Å². The number of methoxy groups -OCH3 is 2. The first-order chi connectivity index (χ1) is 18.0. The summed E-state index contributed by atoms with van der Waals surface area (Å²) in [6, 6.07) is 24.6. The van der Waals surface area contributed by atoms with Crippen molar-refractivity contribution in [3.8, 4) is 22.8 Å². The van der Waals surface area contributed by atoms with E-state index in [-0.39, 0.29) is 11.8 Å². The second-order valence-electron chi connectivity index (χ2n) is 8.80. The molecule has 0 bridgehead atoms. The van der Waals surface area contributed by atoms with Crippen LogP contribution in [0.1, 0.15) is 27.9 Å². The van der Waals surface area contributed by atoms with Crippen LogP contribution in [-0.2, 0) is 24.4 Å². The monoisotopic (exact) mass is 496 g/mol. The number of anilines is 1. The van der Waals surface area contributed by atoms with E-state index in [1.54, 1.807) is 31.3 Å². The molecule has 0 saturated carbocycles. The van der Waals surface area contributed by atoms with Crippen LogP contribution in [0.2, 0.25) is 0 Å². The van der Waals surface area contributed by atoms with Gasteiger partial charge in [-0.05, 0) is 59.7 Å². The number of fused-ring (bicyclic) bond motifs is 1. The van der Waals surface area contributed by atoms with Gasteiger partial charge >= 0.3 is 0 Å². The number of hydrogen-bond acceptors (Lipinski definition) is 5. The maximum absolute atomic E-state index is 12.8. The maximum atomic E-state index is 12.8. The highest BCUT2D eigenvalue weighted by molar-refractivity contribution is 5.95. The fourth-order valence-corrected chi connectivity index (χ4v) is 4.30. The second-order valence-corrected chi connectivity index (χ2v) is 8.80. The molecule has 37 heavy (non-hydrogen) atoms. The molecule has 2 heterocycles. The molecule has 188 valence electrons. The second kappa shape index (κ2) is 10.6. The molecule has 0 unspecified atom stereocenters. The average Bonchev–Trinajstić information content (AvgIpc) is 3.39. The SMILES string of the molecule is COc1ccc(CNC(=O)c2ccc(CN3C(=O)CCn4nc(-c5ccc(OC)cc5)cc43)cc2)cc1. The van der Waals surface area contributed by atoms with Crippen molar-refractivity contribution in [2.24, 2.45) is 0 Å². The first-order valence-electron chi connectivity index (χ1n) is 12.1. The summed E-state index contributed by atoms with van der Waals surface area (Å²) >= 11 is 0. The number of hydrogen-bond donors (Lipinski definition) is 1. The third-order valence-electron chi connectivity index (χ3n) is 6.43. The van der Waals surface area contributed by atoms with E-state index in [1.807, 2.05) is 71.4 Å². The average molecular weight is 497 g/mol. The standard InChI is InChI=1S/C29H28N4O4/c1-36-24-11-5-20(6-12-24)18-30-29(35)23-7-3-21(4-8-23)19-32-27-17-26(31-33(27)16-15-28(32)34)22-9-13-25(37-2)14-10-22/h3-14,17H,15-16,18-19H2,1-2H3,(H,30,35). The van der Waals surface area contributed by atoms with Gasteiger partial charge in [0.2, 0.25) is 5.91 Å². The Balaban J connectivity index is 1.26. The van der Waals surface area contributed by atoms with E-state index in [1.165, 1.54) is 0 Å². The third-order valence-corrected chi connectivity index (χ3v) is 6.43. The van der Waals surface area contributed by atoms with Crippen LogP contribution in [0, 0.1) is 0 Å². The number of aryl methyl sites for hydroxylation is 1. The fourth-order valence-electron chi connectivity index (χ4n) is 4.30. The molecule has 0 radical (unpaired) electrons. The molecule has 8 heteroatoms. The van der Waals surface area contributed by atoms with Crippen molar-refractivity contribution in [3.05, 3.63) is 95.6 Å². The molecular formula is C29H28N4O4. The Hall–Kier alpha value is -4.59. The first-order valence-corrected chi connectivity index (χ1v) is 12.1. The van der Waals surface area contributed by atoms with E-state index >= 15 is 0 Å². The van der Waals surface area contributed by atoms with Crippen LogP contribution in [0.4, 0.5) is 5.82 Å². The molecule has 0 aliphatic carbocycles. The molecule has 4 aromatic rings. The van der Waals surface area contributed by atoms with Crippen LogP contribution in [0.3, 0.4) is 0 Å². The Labute approximate surface area is 215 Å². The fraction of sp³-hybridized carbons (Fsp3) is 0.207. The summed E-state index contributed by atoms with van der Waals surface area (Å²) in [7, 11) is 3.26. The number of benzene rings is 3. The summed E-state index contributed by atoms with van der Waals surface area (Å²) in [5.41, 5.74) is 4.25. The van der Waals surface area contributed by atoms with Crippen molar-refractivity contribution >= 4 is 17.6 Å². The topological polar surface area (TPSA) is 85.7 Å². The number of carbonyl (C=O) groups is 2. The van der Waals surface area contributed by atoms with Crippen LogP contribution in [0.25, 0.3) is 11.3 Å². The number of ether oxygens (including phenoxy) is 2. The molecule has 0 saturated heterocycles. The van der Waals surface area contributed by atoms with Gasteiger partial charge in [0.05, 0.1) is 33.0 Å². The van der Waals surface area contributed by atoms with Crippen molar-refractivity contribution in [3.63, 3.8) is 0 Å². The van der Waals surface area contributed by atoms with Gasteiger partial charge in [-0.1, -0.05) is 24.3 Å². The largest absolute Gasteiger partial charge is 0.497 e. The van der Waals surface area contributed by atoms with Gasteiger partial charge in [-0.15, -0.1) is 0 Å². The molecule has 1 aliphatic rings. The quantitative estimate of drug-likeness (QED) is 0.390. The summed E-state index contributed by atoms with van der Waals surface area (Å²) in [5.74, 6) is 2.22. The van der Waals surface area contributed by atoms with Gasteiger partial charge in [0, 0.05) is 30.2 Å². The zero-order valence-electron chi connectivity index (χ0n) is 20.8. The minimum absolute atomic E-state index is 0.0509. The molecule has 0 atom stereocenters. The Morgan fingerprint density at radius 2 is 1.51 bits per heavy atom. The van der Waals surface area contributed by atoms with E-state index in [4.69, 9.17) is 14.6 Å². The van der Waals surface area contributed by atoms with Crippen LogP contribution < -0.4 is 19.7 Å². The van der Waals surface area contributed by atoms with E-state index in [2.05, 4.69) is 5.32 Å². The number of nitrogens with zero attached hydrogens (tertiary/aromatic N) is 3. The van der Waals surface area contributed by atoms with Crippen molar-refractivity contribution in [1.29, 1.82) is 0 Å². The molecule has 0 spiro atoms. The molecule has 1 aromatic heterocycles. The van der Waals surface area contributed by atoms with Crippen LogP contribution in [0.5, 0.6) is 11.5 Å². The highest BCUT2D eigenvalue weighted by atomic mass is 16.5. The summed E-state index contributed by atoms with van der Waals surface area (Å²) < 4.78 is 12.3. The number of carbonyl (C=O) groups excluding carboxylic acids is 2. The minimum Gasteiger partial charge on any atom is -0.497 e. The smallest absolute Gasteiger partial charge is 0.251 e. The molecular weight excluding hydrogens is 468 g/mol. The van der Waals surface area contributed by atoms with E-state index in [0.717, 1.165) is 39.7 Å². The lowest BCUT2D eigenvalue weighted by molar-refractivity contribution is -0.119. The number of amides is 2. The first kappa shape index (κ1) is 24.1. The highest BCUT2D eigenvalue weighted by Crippen LogP contribution is 2.30. The van der Waals surface area contributed by atoms with Crippen molar-refractivity contribution in [1.82, 2.24) is 15.1 Å². The van der Waals surface area contributed by atoms with Gasteiger partial charge in [0.15, 0.2) is 0 Å². The van der Waals surface area contributed by atoms with Gasteiger partial charge in [-0.3, -0.25) is 14.5 Å². The van der Waals surface area contributed by atoms with E-state index < -0.39 is 0 Å². The summed E-state index contributed by atoms with van der Waals surface area (Å²) in [6.07, 6.45) is 0.391. The lowest BCUT2D eigenvalue weighted by Gasteiger charge is -2.27. The minimum atomic E-state index is -0.154. The summed E-state index contributed by atoms with van der Waals surface area (Å²) in [6.45, 7) is 1.38. The lowest BCUT2D eigenvalue weighted by Crippen LogP contribution is -2.36. The predicted octanol–water partition coefficient (Wildman–Crippen LogP) is 4.43. The Bertz CT molecular complexity index is 1390. The van der Waals surface area contributed by atoms with Gasteiger partial charge in [-0.25, -0.2) is 4.68 Å². The summed E-state index contributed by atoms with van der Waals surface area (Å²) in [4.78, 5) is 27.2. The Morgan fingerprint density at radius 3 is 2.16 bits per heavy atom. The van der Waals surface area contributed by atoms with Crippen LogP contribution >= 0.6 is 0 Å². The van der Waals surface area contributed by atoms with Gasteiger partial charge in [0.25, 0.3) is 5.91 Å². The number of rotatable bonds is 8. The molecule has 3 aromatic carbocycles. The maximum Gasteiger partial charge on any atom is 0.251 e. The van der Waals surface area contributed by atoms with Crippen molar-refractivity contribution in [2.75, 3.05) is 19.1 Å². The zero-order chi connectivity index (χ0) is 25.8. The zero-order valence-corrected chi connectivity index (χ0v) is 20.8. The molecule has 0 fully saturated rings. The summed E-state index contributed by atoms with van der Waals surface area (Å²) in [5, 5.41) is 7.65. The normalized spacial score (nSPS) is 12.7. The van der Waals surface area contributed by atoms with Gasteiger partial charge < -0.3 is 14.8 Å². The molecule has 1 N–H and O–H groups in total. The number of nitrogens with one attached hydrogen (secondary N) is 1. The highest BCUT2D eigenvalue weighted by Gasteiger charge is 2.26. The van der Waals surface area contributed by atoms with Crippen molar-refractivity contribution < 1.29 is 19.1 Å². The van der Waals surface area contributed by atoms with Crippen molar-refractivity contribution in [2.45, 2.75) is 26.1 Å². The van der Waals surface area contributed by atoms with Crippen LogP contribution in [0.15, 0.2) is 78.9 Å². The van der Waals surface area contributed by atoms with Gasteiger partial charge in [-0.2, -0.15) is 5.10 Å². The van der Waals surface area contributed by atoms with Crippen LogP contribution in [-0.4, -0.2) is 35.8 Å². The third kappa shape index (κ3) is 5.33. The van der Waals surface area contributed by atoms with Gasteiger partial charge in [0.1, 0.15) is 17.3 Å². The lowest BCUT2D eigenvalue weighted by atomic mass is 10.1.